The highest BCUT2D eigenvalue weighted by molar-refractivity contribution is 5.58. The van der Waals surface area contributed by atoms with Gasteiger partial charge in [-0.1, -0.05) is 12.1 Å². The highest BCUT2D eigenvalue weighted by atomic mass is 15.1. The fraction of sp³-hybridized carbons (Fsp3) is 0.647. The standard InChI is InChI=1S/C17H27N3/c1-19(2)13-14-7-10-20(11-8-14)17-5-3-4-15-12-18-9-6-16(15)17/h3-5,14,18H,6-13H2,1-2H3. The normalized spacial score (nSPS) is 20.2. The minimum Gasteiger partial charge on any atom is -0.371 e. The second-order valence-electron chi connectivity index (χ2n) is 6.53. The third kappa shape index (κ3) is 2.99. The molecule has 1 aromatic carbocycles. The molecule has 0 saturated carbocycles. The molecule has 1 aromatic rings. The molecule has 0 spiro atoms. The second kappa shape index (κ2) is 6.15. The average molecular weight is 273 g/mol. The van der Waals surface area contributed by atoms with Crippen LogP contribution in [0.3, 0.4) is 0 Å². The lowest BCUT2D eigenvalue weighted by Gasteiger charge is -2.36. The molecular weight excluding hydrogens is 246 g/mol. The smallest absolute Gasteiger partial charge is 0.0402 e. The van der Waals surface area contributed by atoms with Gasteiger partial charge in [0.05, 0.1) is 0 Å². The quantitative estimate of drug-likeness (QED) is 0.910. The van der Waals surface area contributed by atoms with Crippen LogP contribution in [0.25, 0.3) is 0 Å². The number of hydrogen-bond donors (Lipinski definition) is 1. The number of anilines is 1. The molecule has 20 heavy (non-hydrogen) atoms. The van der Waals surface area contributed by atoms with Gasteiger partial charge in [0.15, 0.2) is 0 Å². The van der Waals surface area contributed by atoms with Gasteiger partial charge < -0.3 is 15.1 Å². The van der Waals surface area contributed by atoms with Gasteiger partial charge in [-0.25, -0.2) is 0 Å². The summed E-state index contributed by atoms with van der Waals surface area (Å²) in [5.41, 5.74) is 4.61. The largest absolute Gasteiger partial charge is 0.371 e. The van der Waals surface area contributed by atoms with Crippen LogP contribution in [0.5, 0.6) is 0 Å². The van der Waals surface area contributed by atoms with Crippen LogP contribution < -0.4 is 10.2 Å². The molecule has 1 fully saturated rings. The Hall–Kier alpha value is -1.06. The minimum absolute atomic E-state index is 0.877. The first-order valence-electron chi connectivity index (χ1n) is 7.95. The Bertz CT molecular complexity index is 448. The number of benzene rings is 1. The lowest BCUT2D eigenvalue weighted by atomic mass is 9.93. The van der Waals surface area contributed by atoms with Gasteiger partial charge in [0.1, 0.15) is 0 Å². The number of nitrogens with one attached hydrogen (secondary N) is 1. The number of nitrogens with zero attached hydrogens (tertiary/aromatic N) is 2. The molecule has 2 aliphatic heterocycles. The highest BCUT2D eigenvalue weighted by Gasteiger charge is 2.22. The van der Waals surface area contributed by atoms with Crippen molar-refractivity contribution >= 4 is 5.69 Å². The monoisotopic (exact) mass is 273 g/mol. The van der Waals surface area contributed by atoms with E-state index in [-0.39, 0.29) is 0 Å². The molecule has 0 aromatic heterocycles. The Balaban J connectivity index is 1.69. The van der Waals surface area contributed by atoms with Crippen molar-refractivity contribution in [2.24, 2.45) is 5.92 Å². The van der Waals surface area contributed by atoms with Crippen molar-refractivity contribution < 1.29 is 0 Å². The molecule has 1 N–H and O–H groups in total. The van der Waals surface area contributed by atoms with E-state index in [4.69, 9.17) is 0 Å². The van der Waals surface area contributed by atoms with Gasteiger partial charge in [-0.3, -0.25) is 0 Å². The van der Waals surface area contributed by atoms with Gasteiger partial charge in [0.2, 0.25) is 0 Å². The first-order valence-corrected chi connectivity index (χ1v) is 7.95. The van der Waals surface area contributed by atoms with Crippen molar-refractivity contribution in [3.63, 3.8) is 0 Å². The summed E-state index contributed by atoms with van der Waals surface area (Å²) < 4.78 is 0. The summed E-state index contributed by atoms with van der Waals surface area (Å²) in [5, 5.41) is 3.48. The molecule has 2 aliphatic rings. The molecule has 1 saturated heterocycles. The van der Waals surface area contributed by atoms with Gasteiger partial charge in [0, 0.05) is 31.9 Å². The van der Waals surface area contributed by atoms with Crippen LogP contribution >= 0.6 is 0 Å². The molecular formula is C17H27N3. The zero-order chi connectivity index (χ0) is 13.9. The van der Waals surface area contributed by atoms with E-state index in [1.165, 1.54) is 50.1 Å². The van der Waals surface area contributed by atoms with Crippen molar-refractivity contribution in [3.8, 4) is 0 Å². The van der Waals surface area contributed by atoms with E-state index in [0.717, 1.165) is 19.0 Å². The summed E-state index contributed by atoms with van der Waals surface area (Å²) >= 11 is 0. The maximum absolute atomic E-state index is 3.48. The summed E-state index contributed by atoms with van der Waals surface area (Å²) in [4.78, 5) is 4.95. The van der Waals surface area contributed by atoms with Crippen molar-refractivity contribution in [1.82, 2.24) is 10.2 Å². The van der Waals surface area contributed by atoms with E-state index in [1.807, 2.05) is 0 Å². The zero-order valence-corrected chi connectivity index (χ0v) is 12.9. The van der Waals surface area contributed by atoms with Crippen LogP contribution in [0.15, 0.2) is 18.2 Å². The summed E-state index contributed by atoms with van der Waals surface area (Å²) in [7, 11) is 4.37. The number of rotatable bonds is 3. The maximum atomic E-state index is 3.48. The van der Waals surface area contributed by atoms with E-state index in [0.29, 0.717) is 0 Å². The van der Waals surface area contributed by atoms with Gasteiger partial charge in [-0.15, -0.1) is 0 Å². The minimum atomic E-state index is 0.877. The third-order valence-electron chi connectivity index (χ3n) is 4.69. The zero-order valence-electron chi connectivity index (χ0n) is 12.9. The predicted octanol–water partition coefficient (Wildman–Crippen LogP) is 2.11. The van der Waals surface area contributed by atoms with E-state index >= 15 is 0 Å². The Morgan fingerprint density at radius 3 is 2.80 bits per heavy atom. The van der Waals surface area contributed by atoms with Crippen molar-refractivity contribution in [2.75, 3.05) is 45.2 Å². The first kappa shape index (κ1) is 13.9. The molecule has 0 atom stereocenters. The fourth-order valence-electron chi connectivity index (χ4n) is 3.68. The van der Waals surface area contributed by atoms with E-state index in [2.05, 4.69) is 47.4 Å². The topological polar surface area (TPSA) is 18.5 Å². The molecule has 2 heterocycles. The molecule has 0 amide bonds. The van der Waals surface area contributed by atoms with Crippen LogP contribution in [-0.2, 0) is 13.0 Å². The van der Waals surface area contributed by atoms with E-state index < -0.39 is 0 Å². The molecule has 0 unspecified atom stereocenters. The Kier molecular flexibility index (Phi) is 4.27. The fourth-order valence-corrected chi connectivity index (χ4v) is 3.68. The van der Waals surface area contributed by atoms with Crippen LogP contribution in [0, 0.1) is 5.92 Å². The van der Waals surface area contributed by atoms with E-state index in [9.17, 15) is 0 Å². The lowest BCUT2D eigenvalue weighted by Crippen LogP contribution is -2.38. The molecule has 0 bridgehead atoms. The second-order valence-corrected chi connectivity index (χ2v) is 6.53. The molecule has 110 valence electrons. The van der Waals surface area contributed by atoms with E-state index in [1.54, 1.807) is 5.56 Å². The van der Waals surface area contributed by atoms with Gasteiger partial charge in [-0.05, 0) is 63.0 Å². The van der Waals surface area contributed by atoms with Gasteiger partial charge in [-0.2, -0.15) is 0 Å². The lowest BCUT2D eigenvalue weighted by molar-refractivity contribution is 0.285. The summed E-state index contributed by atoms with van der Waals surface area (Å²) in [6, 6.07) is 6.84. The Morgan fingerprint density at radius 1 is 1.25 bits per heavy atom. The van der Waals surface area contributed by atoms with Crippen molar-refractivity contribution in [3.05, 3.63) is 29.3 Å². The summed E-state index contributed by atoms with van der Waals surface area (Å²) in [5.74, 6) is 0.877. The third-order valence-corrected chi connectivity index (χ3v) is 4.69. The van der Waals surface area contributed by atoms with Crippen LogP contribution in [-0.4, -0.2) is 45.2 Å². The number of hydrogen-bond acceptors (Lipinski definition) is 3. The summed E-state index contributed by atoms with van der Waals surface area (Å²) in [6.45, 7) is 5.86. The van der Waals surface area contributed by atoms with Crippen LogP contribution in [0.1, 0.15) is 24.0 Å². The van der Waals surface area contributed by atoms with Crippen LogP contribution in [0.2, 0.25) is 0 Å². The SMILES string of the molecule is CN(C)CC1CCN(c2cccc3c2CCNC3)CC1. The first-order chi connectivity index (χ1) is 9.74. The molecule has 0 aliphatic carbocycles. The molecule has 0 radical (unpaired) electrons. The highest BCUT2D eigenvalue weighted by Crippen LogP contribution is 2.30. The maximum Gasteiger partial charge on any atom is 0.0402 e. The average Bonchev–Trinajstić information content (AvgIpc) is 2.47. The molecule has 3 nitrogen and oxygen atoms in total. The van der Waals surface area contributed by atoms with Crippen molar-refractivity contribution in [1.29, 1.82) is 0 Å². The Labute approximate surface area is 123 Å². The summed E-state index contributed by atoms with van der Waals surface area (Å²) in [6.07, 6.45) is 3.85. The molecule has 3 heteroatoms. The number of piperidine rings is 1. The predicted molar refractivity (Wildman–Crippen MR) is 85.3 cm³/mol. The number of fused-ring (bicyclic) bond motifs is 1. The van der Waals surface area contributed by atoms with Crippen molar-refractivity contribution in [2.45, 2.75) is 25.8 Å². The van der Waals surface area contributed by atoms with Gasteiger partial charge in [0.25, 0.3) is 0 Å². The van der Waals surface area contributed by atoms with Crippen LogP contribution in [0.4, 0.5) is 5.69 Å². The van der Waals surface area contributed by atoms with Gasteiger partial charge >= 0.3 is 0 Å². The molecule has 3 rings (SSSR count). The Morgan fingerprint density at radius 2 is 2.05 bits per heavy atom.